The van der Waals surface area contributed by atoms with Gasteiger partial charge in [-0.1, -0.05) is 6.07 Å². The third-order valence-electron chi connectivity index (χ3n) is 6.39. The Labute approximate surface area is 191 Å². The van der Waals surface area contributed by atoms with E-state index in [1.807, 2.05) is 4.90 Å². The lowest BCUT2D eigenvalue weighted by atomic mass is 9.77. The van der Waals surface area contributed by atoms with Crippen LogP contribution < -0.4 is 20.4 Å². The third kappa shape index (κ3) is 4.64. The molecular formula is C21H29BN4O7. The largest absolute Gasteiger partial charge is 0.535 e. The van der Waals surface area contributed by atoms with E-state index in [1.165, 1.54) is 4.90 Å². The number of hydrogen-bond acceptors (Lipinski definition) is 8. The normalized spacial score (nSPS) is 23.2. The lowest BCUT2D eigenvalue weighted by Gasteiger charge is -2.42. The van der Waals surface area contributed by atoms with Gasteiger partial charge in [-0.3, -0.25) is 14.5 Å². The fraction of sp³-hybridized carbons (Fsp3) is 0.571. The van der Waals surface area contributed by atoms with Crippen molar-refractivity contribution in [3.05, 3.63) is 23.3 Å². The van der Waals surface area contributed by atoms with E-state index in [9.17, 15) is 24.5 Å². The van der Waals surface area contributed by atoms with Crippen molar-refractivity contribution in [2.24, 2.45) is 5.73 Å². The number of rotatable bonds is 8. The molecule has 1 aromatic carbocycles. The highest BCUT2D eigenvalue weighted by atomic mass is 16.5. The standard InChI is InChI=1S/C21H29BN4O7/c1-21(23,20(30)24-7-16(27)25(2)3)10-26-8-11(9-26)32-15-5-4-12-13-6-14(13)22(31)33-18(12)17(15)19(28)29/h4-5,11,13-14,31H,6-10,23H2,1-3H3,(H,24,30)(H,28,29)/t13-,14-,21+/m0/s1. The van der Waals surface area contributed by atoms with E-state index in [2.05, 4.69) is 5.32 Å². The highest BCUT2D eigenvalue weighted by Gasteiger charge is 2.54. The van der Waals surface area contributed by atoms with Crippen LogP contribution in [-0.2, 0) is 9.59 Å². The molecule has 5 N–H and O–H groups in total. The van der Waals surface area contributed by atoms with Crippen LogP contribution >= 0.6 is 0 Å². The van der Waals surface area contributed by atoms with Gasteiger partial charge in [0, 0.05) is 39.5 Å². The number of hydrogen-bond donors (Lipinski definition) is 4. The number of carbonyl (C=O) groups excluding carboxylic acids is 2. The number of fused-ring (bicyclic) bond motifs is 3. The van der Waals surface area contributed by atoms with Crippen LogP contribution in [0.15, 0.2) is 12.1 Å². The minimum absolute atomic E-state index is 0.0230. The van der Waals surface area contributed by atoms with Crippen LogP contribution in [0.1, 0.15) is 35.2 Å². The number of carboxylic acids is 1. The van der Waals surface area contributed by atoms with E-state index in [4.69, 9.17) is 15.1 Å². The highest BCUT2D eigenvalue weighted by molar-refractivity contribution is 6.48. The summed E-state index contributed by atoms with van der Waals surface area (Å²) in [5.74, 6) is -1.33. The molecule has 2 heterocycles. The van der Waals surface area contributed by atoms with Gasteiger partial charge in [-0.2, -0.15) is 0 Å². The fourth-order valence-electron chi connectivity index (χ4n) is 4.35. The first-order valence-corrected chi connectivity index (χ1v) is 10.9. The summed E-state index contributed by atoms with van der Waals surface area (Å²) < 4.78 is 11.4. The molecule has 2 aliphatic heterocycles. The minimum Gasteiger partial charge on any atom is -0.535 e. The smallest absolute Gasteiger partial charge is 0.526 e. The molecule has 3 aliphatic rings. The summed E-state index contributed by atoms with van der Waals surface area (Å²) in [6.45, 7) is 2.64. The Morgan fingerprint density at radius 2 is 2.06 bits per heavy atom. The van der Waals surface area contributed by atoms with Gasteiger partial charge in [0.15, 0.2) is 0 Å². The molecule has 178 valence electrons. The van der Waals surface area contributed by atoms with Crippen LogP contribution in [0.4, 0.5) is 0 Å². The summed E-state index contributed by atoms with van der Waals surface area (Å²) in [6, 6.07) is 3.45. The first-order valence-electron chi connectivity index (χ1n) is 10.9. The van der Waals surface area contributed by atoms with Crippen molar-refractivity contribution in [2.45, 2.75) is 36.7 Å². The highest BCUT2D eigenvalue weighted by Crippen LogP contribution is 2.60. The van der Waals surface area contributed by atoms with Crippen molar-refractivity contribution in [2.75, 3.05) is 40.3 Å². The second-order valence-corrected chi connectivity index (χ2v) is 9.50. The topological polar surface area (TPSA) is 155 Å². The molecule has 4 rings (SSSR count). The van der Waals surface area contributed by atoms with Crippen molar-refractivity contribution in [3.63, 3.8) is 0 Å². The second-order valence-electron chi connectivity index (χ2n) is 9.50. The van der Waals surface area contributed by atoms with Gasteiger partial charge in [-0.15, -0.1) is 0 Å². The number of likely N-dealkylation sites (N-methyl/N-ethyl adjacent to an activating group) is 1. The number of aromatic carboxylic acids is 1. The quantitative estimate of drug-likeness (QED) is 0.361. The Morgan fingerprint density at radius 1 is 1.36 bits per heavy atom. The first-order chi connectivity index (χ1) is 15.5. The van der Waals surface area contributed by atoms with Crippen LogP contribution in [0.25, 0.3) is 0 Å². The summed E-state index contributed by atoms with van der Waals surface area (Å²) >= 11 is 0. The second kappa shape index (κ2) is 8.51. The molecule has 1 saturated carbocycles. The van der Waals surface area contributed by atoms with Crippen LogP contribution in [0.2, 0.25) is 5.82 Å². The number of carboxylic acid groups (broad SMARTS) is 1. The number of ether oxygens (including phenoxy) is 1. The molecule has 0 bridgehead atoms. The molecule has 11 nitrogen and oxygen atoms in total. The van der Waals surface area contributed by atoms with Gasteiger partial charge < -0.3 is 35.5 Å². The van der Waals surface area contributed by atoms with Gasteiger partial charge in [0.1, 0.15) is 28.7 Å². The third-order valence-corrected chi connectivity index (χ3v) is 6.39. The molecule has 0 radical (unpaired) electrons. The van der Waals surface area contributed by atoms with Gasteiger partial charge in [-0.25, -0.2) is 4.79 Å². The number of benzene rings is 1. The predicted molar refractivity (Wildman–Crippen MR) is 118 cm³/mol. The number of nitrogens with zero attached hydrogens (tertiary/aromatic N) is 2. The molecule has 0 spiro atoms. The zero-order valence-electron chi connectivity index (χ0n) is 18.9. The van der Waals surface area contributed by atoms with Crippen molar-refractivity contribution in [1.82, 2.24) is 15.1 Å². The molecule has 1 saturated heterocycles. The average molecular weight is 460 g/mol. The molecule has 3 atom stereocenters. The van der Waals surface area contributed by atoms with Gasteiger partial charge >= 0.3 is 13.1 Å². The summed E-state index contributed by atoms with van der Waals surface area (Å²) in [4.78, 5) is 39.3. The van der Waals surface area contributed by atoms with Crippen LogP contribution in [-0.4, -0.2) is 96.7 Å². The van der Waals surface area contributed by atoms with Crippen molar-refractivity contribution in [1.29, 1.82) is 0 Å². The van der Waals surface area contributed by atoms with Crippen LogP contribution in [0.5, 0.6) is 11.5 Å². The zero-order chi connectivity index (χ0) is 24.1. The number of carbonyl (C=O) groups is 3. The Morgan fingerprint density at radius 3 is 2.70 bits per heavy atom. The number of amides is 2. The summed E-state index contributed by atoms with van der Waals surface area (Å²) in [5.41, 5.74) is 5.67. The molecule has 2 fully saturated rings. The van der Waals surface area contributed by atoms with E-state index < -0.39 is 24.5 Å². The SMILES string of the molecule is CN(C)C(=O)CNC(=O)[C@](C)(N)CN1CC(Oc2ccc3c(c2C(=O)O)OB(O)[C@H]2C[C@@H]32)C1. The van der Waals surface area contributed by atoms with Crippen molar-refractivity contribution < 1.29 is 33.9 Å². The van der Waals surface area contributed by atoms with E-state index in [1.54, 1.807) is 33.2 Å². The first kappa shape index (κ1) is 23.3. The summed E-state index contributed by atoms with van der Waals surface area (Å²) in [6.07, 6.45) is 0.497. The van der Waals surface area contributed by atoms with E-state index in [0.29, 0.717) is 13.1 Å². The number of nitrogens with two attached hydrogens (primary N) is 1. The fourth-order valence-corrected chi connectivity index (χ4v) is 4.35. The zero-order valence-corrected chi connectivity index (χ0v) is 18.9. The minimum atomic E-state index is -1.21. The molecular weight excluding hydrogens is 431 g/mol. The summed E-state index contributed by atoms with van der Waals surface area (Å²) in [7, 11) is 2.20. The summed E-state index contributed by atoms with van der Waals surface area (Å²) in [5, 5.41) is 22.4. The molecule has 0 aromatic heterocycles. The van der Waals surface area contributed by atoms with Crippen molar-refractivity contribution in [3.8, 4) is 11.5 Å². The monoisotopic (exact) mass is 460 g/mol. The molecule has 33 heavy (non-hydrogen) atoms. The van der Waals surface area contributed by atoms with Crippen molar-refractivity contribution >= 4 is 24.9 Å². The van der Waals surface area contributed by atoms with E-state index in [-0.39, 0.29) is 53.9 Å². The Balaban J connectivity index is 1.34. The maximum absolute atomic E-state index is 12.4. The van der Waals surface area contributed by atoms with Gasteiger partial charge in [0.05, 0.1) is 6.54 Å². The molecule has 1 aromatic rings. The van der Waals surface area contributed by atoms with E-state index >= 15 is 0 Å². The molecule has 1 aliphatic carbocycles. The molecule has 12 heteroatoms. The lowest BCUT2D eigenvalue weighted by Crippen LogP contribution is -2.64. The van der Waals surface area contributed by atoms with Gasteiger partial charge in [0.25, 0.3) is 0 Å². The average Bonchev–Trinajstić information content (AvgIpc) is 3.51. The number of nitrogens with one attached hydrogen (secondary N) is 1. The van der Waals surface area contributed by atoms with Gasteiger partial charge in [-0.05, 0) is 30.9 Å². The van der Waals surface area contributed by atoms with Crippen LogP contribution in [0, 0.1) is 0 Å². The molecule has 0 unspecified atom stereocenters. The maximum Gasteiger partial charge on any atom is 0.526 e. The Bertz CT molecular complexity index is 980. The lowest BCUT2D eigenvalue weighted by molar-refractivity contribution is -0.133. The van der Waals surface area contributed by atoms with Crippen LogP contribution in [0.3, 0.4) is 0 Å². The Kier molecular flexibility index (Phi) is 6.02. The number of likely N-dealkylation sites (tertiary alicyclic amines) is 1. The predicted octanol–water partition coefficient (Wildman–Crippen LogP) is -0.900. The maximum atomic E-state index is 12.4. The molecule has 2 amide bonds. The van der Waals surface area contributed by atoms with Gasteiger partial charge in [0.2, 0.25) is 11.8 Å². The van der Waals surface area contributed by atoms with E-state index in [0.717, 1.165) is 12.0 Å². The Hall–Kier alpha value is -2.83.